The van der Waals surface area contributed by atoms with Crippen LogP contribution in [0.1, 0.15) is 127 Å². The number of ether oxygens (including phenoxy) is 8. The first-order chi connectivity index (χ1) is 22.1. The predicted octanol–water partition coefficient (Wildman–Crippen LogP) is 7.45. The molecule has 0 aromatic heterocycles. The maximum Gasteiger partial charge on any atom is 0.191 e. The van der Waals surface area contributed by atoms with Crippen molar-refractivity contribution in [2.45, 2.75) is 212 Å². The minimum Gasteiger partial charge on any atom is -0.416 e. The zero-order valence-corrected chi connectivity index (χ0v) is 33.3. The smallest absolute Gasteiger partial charge is 0.191 e. The topological polar surface area (TPSA) is 103 Å². The highest BCUT2D eigenvalue weighted by Gasteiger charge is 2.45. The Kier molecular flexibility index (Phi) is 13.7. The van der Waals surface area contributed by atoms with Crippen molar-refractivity contribution in [1.29, 1.82) is 0 Å². The third-order valence-electron chi connectivity index (χ3n) is 10.6. The van der Waals surface area contributed by atoms with E-state index in [1.807, 2.05) is 41.5 Å². The molecule has 4 fully saturated rings. The summed E-state index contributed by atoms with van der Waals surface area (Å²) in [5.41, 5.74) is 0. The summed E-state index contributed by atoms with van der Waals surface area (Å²) in [7, 11) is -1.86. The SMILES string of the molecule is C[C@@H](CO[Si](C)(C)C(C)(C)C)[C@H]1C[C@@H](C[C@H]2C[C@H](C[C@H]3C[C@H](C[C@H](CO)OC4CCCCO4)OC(C)(C)O3)OC(C)(C)O2)OC(C)(C)O1. The molecule has 0 spiro atoms. The predicted molar refractivity (Wildman–Crippen MR) is 187 cm³/mol. The molecule has 4 aliphatic rings. The second-order valence-electron chi connectivity index (χ2n) is 17.8. The van der Waals surface area contributed by atoms with Gasteiger partial charge in [0.25, 0.3) is 0 Å². The molecule has 0 bridgehead atoms. The molecule has 0 saturated carbocycles. The highest BCUT2D eigenvalue weighted by molar-refractivity contribution is 6.74. The zero-order chi connectivity index (χ0) is 35.5. The summed E-state index contributed by atoms with van der Waals surface area (Å²) >= 11 is 0. The lowest BCUT2D eigenvalue weighted by Crippen LogP contribution is -2.52. The lowest BCUT2D eigenvalue weighted by atomic mass is 9.91. The van der Waals surface area contributed by atoms with Crippen molar-refractivity contribution in [2.75, 3.05) is 19.8 Å². The van der Waals surface area contributed by atoms with E-state index in [1.165, 1.54) is 0 Å². The lowest BCUT2D eigenvalue weighted by molar-refractivity contribution is -0.337. The molecule has 48 heavy (non-hydrogen) atoms. The number of hydrogen-bond donors (Lipinski definition) is 1. The Balaban J connectivity index is 1.34. The Hall–Kier alpha value is -0.183. The fourth-order valence-electron chi connectivity index (χ4n) is 7.41. The third-order valence-corrected chi connectivity index (χ3v) is 15.1. The molecular formula is C37H70O10Si. The average Bonchev–Trinajstić information content (AvgIpc) is 2.93. The van der Waals surface area contributed by atoms with Gasteiger partial charge in [-0.25, -0.2) is 0 Å². The molecule has 9 atom stereocenters. The van der Waals surface area contributed by atoms with Gasteiger partial charge in [-0.3, -0.25) is 0 Å². The van der Waals surface area contributed by atoms with Gasteiger partial charge in [0.1, 0.15) is 0 Å². The van der Waals surface area contributed by atoms with Crippen LogP contribution in [0.4, 0.5) is 0 Å². The van der Waals surface area contributed by atoms with Crippen LogP contribution in [0.3, 0.4) is 0 Å². The molecule has 282 valence electrons. The van der Waals surface area contributed by atoms with Gasteiger partial charge in [0.2, 0.25) is 0 Å². The van der Waals surface area contributed by atoms with E-state index in [1.54, 1.807) is 0 Å². The Morgan fingerprint density at radius 1 is 0.750 bits per heavy atom. The van der Waals surface area contributed by atoms with Gasteiger partial charge in [-0.2, -0.15) is 0 Å². The van der Waals surface area contributed by atoms with Crippen molar-refractivity contribution in [2.24, 2.45) is 5.92 Å². The highest BCUT2D eigenvalue weighted by atomic mass is 28.4. The first-order valence-electron chi connectivity index (χ1n) is 18.7. The summed E-state index contributed by atoms with van der Waals surface area (Å²) in [4.78, 5) is 0. The molecular weight excluding hydrogens is 632 g/mol. The molecule has 0 radical (unpaired) electrons. The van der Waals surface area contributed by atoms with Gasteiger partial charge in [0.15, 0.2) is 32.0 Å². The van der Waals surface area contributed by atoms with Gasteiger partial charge in [-0.1, -0.05) is 27.7 Å². The summed E-state index contributed by atoms with van der Waals surface area (Å²) in [6.07, 6.45) is 6.54. The van der Waals surface area contributed by atoms with Crippen molar-refractivity contribution in [3.8, 4) is 0 Å². The molecule has 4 saturated heterocycles. The quantitative estimate of drug-likeness (QED) is 0.195. The number of hydrogen-bond acceptors (Lipinski definition) is 10. The minimum atomic E-state index is -1.86. The minimum absolute atomic E-state index is 0.000162. The van der Waals surface area contributed by atoms with Crippen molar-refractivity contribution >= 4 is 8.32 Å². The normalized spacial score (nSPS) is 35.6. The zero-order valence-electron chi connectivity index (χ0n) is 32.3. The van der Waals surface area contributed by atoms with Crippen LogP contribution >= 0.6 is 0 Å². The van der Waals surface area contributed by atoms with E-state index in [-0.39, 0.29) is 66.6 Å². The molecule has 4 rings (SSSR count). The average molecular weight is 703 g/mol. The van der Waals surface area contributed by atoms with E-state index < -0.39 is 25.7 Å². The van der Waals surface area contributed by atoms with Crippen LogP contribution in [-0.4, -0.2) is 99.6 Å². The van der Waals surface area contributed by atoms with E-state index in [2.05, 4.69) is 40.8 Å². The monoisotopic (exact) mass is 702 g/mol. The number of rotatable bonds is 13. The summed E-state index contributed by atoms with van der Waals surface area (Å²) in [5.74, 6) is -1.92. The molecule has 4 heterocycles. The van der Waals surface area contributed by atoms with E-state index in [9.17, 15) is 5.11 Å². The summed E-state index contributed by atoms with van der Waals surface area (Å²) < 4.78 is 57.2. The van der Waals surface area contributed by atoms with E-state index in [0.29, 0.717) is 26.1 Å². The van der Waals surface area contributed by atoms with E-state index >= 15 is 0 Å². The molecule has 0 aliphatic carbocycles. The molecule has 0 aromatic carbocycles. The number of aliphatic hydroxyl groups is 1. The van der Waals surface area contributed by atoms with Crippen molar-refractivity contribution in [1.82, 2.24) is 0 Å². The van der Waals surface area contributed by atoms with Crippen molar-refractivity contribution in [3.63, 3.8) is 0 Å². The lowest BCUT2D eigenvalue weighted by Gasteiger charge is -2.47. The first-order valence-corrected chi connectivity index (χ1v) is 21.6. The Morgan fingerprint density at radius 3 is 1.75 bits per heavy atom. The molecule has 10 nitrogen and oxygen atoms in total. The summed E-state index contributed by atoms with van der Waals surface area (Å²) in [5, 5.41) is 10.3. The summed E-state index contributed by atoms with van der Waals surface area (Å²) in [6.45, 7) is 27.0. The van der Waals surface area contributed by atoms with Crippen LogP contribution in [0.5, 0.6) is 0 Å². The third kappa shape index (κ3) is 12.2. The fraction of sp³-hybridized carbons (Fsp3) is 1.00. The van der Waals surface area contributed by atoms with Crippen LogP contribution in [0.15, 0.2) is 0 Å². The second kappa shape index (κ2) is 16.2. The highest BCUT2D eigenvalue weighted by Crippen LogP contribution is 2.40. The van der Waals surface area contributed by atoms with Gasteiger partial charge in [-0.05, 0) is 78.9 Å². The summed E-state index contributed by atoms with van der Waals surface area (Å²) in [6, 6.07) is 0. The van der Waals surface area contributed by atoms with Crippen LogP contribution < -0.4 is 0 Å². The molecule has 11 heteroatoms. The Labute approximate surface area is 292 Å². The molecule has 1 N–H and O–H groups in total. The Morgan fingerprint density at radius 2 is 1.25 bits per heavy atom. The molecule has 1 unspecified atom stereocenters. The Bertz CT molecular complexity index is 991. The largest absolute Gasteiger partial charge is 0.416 e. The molecule has 0 aromatic rings. The maximum absolute atomic E-state index is 10.1. The van der Waals surface area contributed by atoms with Crippen LogP contribution in [0.2, 0.25) is 18.1 Å². The molecule has 4 aliphatic heterocycles. The van der Waals surface area contributed by atoms with Gasteiger partial charge in [-0.15, -0.1) is 0 Å². The molecule has 0 amide bonds. The van der Waals surface area contributed by atoms with Gasteiger partial charge < -0.3 is 47.4 Å². The first kappa shape index (κ1) is 40.6. The van der Waals surface area contributed by atoms with Crippen LogP contribution in [0.25, 0.3) is 0 Å². The second-order valence-corrected chi connectivity index (χ2v) is 22.6. The van der Waals surface area contributed by atoms with Crippen molar-refractivity contribution < 1.29 is 47.4 Å². The standard InChI is InChI=1S/C37H70O10Si/c1-25(24-40-48(11,12)34(2,3)4)32-22-30(46-37(9,10)47-32)20-28-18-26(42-35(5,6)44-28)17-27-19-29(45-36(7,8)43-27)21-31(23-38)41-33-15-13-14-16-39-33/h25-33,38H,13-24H2,1-12H3/t25-,26-,27-,28+,29+,30+,31+,32+,33?/m0/s1. The number of aliphatic hydroxyl groups excluding tert-OH is 1. The van der Waals surface area contributed by atoms with Gasteiger partial charge in [0.05, 0.1) is 49.3 Å². The van der Waals surface area contributed by atoms with E-state index in [0.717, 1.165) is 44.9 Å². The van der Waals surface area contributed by atoms with Crippen molar-refractivity contribution in [3.05, 3.63) is 0 Å². The fourth-order valence-corrected chi connectivity index (χ4v) is 8.52. The van der Waals surface area contributed by atoms with E-state index in [4.69, 9.17) is 42.3 Å². The van der Waals surface area contributed by atoms with Crippen LogP contribution in [-0.2, 0) is 42.3 Å². The van der Waals surface area contributed by atoms with Gasteiger partial charge in [0, 0.05) is 57.7 Å². The maximum atomic E-state index is 10.1. The van der Waals surface area contributed by atoms with Crippen LogP contribution in [0, 0.1) is 5.92 Å². The van der Waals surface area contributed by atoms with Gasteiger partial charge >= 0.3 is 0 Å².